The first kappa shape index (κ1) is 37.5. The number of amides is 3. The molecule has 0 saturated carbocycles. The van der Waals surface area contributed by atoms with E-state index in [0.29, 0.717) is 49.3 Å². The van der Waals surface area contributed by atoms with Crippen molar-refractivity contribution in [2.75, 3.05) is 20.4 Å². The number of hydrogen-bond donors (Lipinski definition) is 3. The van der Waals surface area contributed by atoms with Crippen LogP contribution in [-0.4, -0.2) is 60.6 Å². The molecule has 3 rings (SSSR count). The van der Waals surface area contributed by atoms with E-state index >= 15 is 0 Å². The van der Waals surface area contributed by atoms with Crippen molar-refractivity contribution in [2.45, 2.75) is 58.9 Å². The maximum Gasteiger partial charge on any atom is 0.747 e. The molecule has 1 heterocycles. The first-order valence-electron chi connectivity index (χ1n) is 15.5. The lowest BCUT2D eigenvalue weighted by molar-refractivity contribution is -0.171. The van der Waals surface area contributed by atoms with Crippen LogP contribution in [-0.2, 0) is 19.0 Å². The predicted octanol–water partition coefficient (Wildman–Crippen LogP) is 5.39. The van der Waals surface area contributed by atoms with Crippen LogP contribution in [0.2, 0.25) is 0 Å². The average Bonchev–Trinajstić information content (AvgIpc) is 3.58. The highest BCUT2D eigenvalue weighted by molar-refractivity contribution is 7.32. The zero-order valence-electron chi connectivity index (χ0n) is 27.3. The summed E-state index contributed by atoms with van der Waals surface area (Å²) in [6.45, 7) is 5.67. The number of carbonyl (C=O) groups excluding carboxylic acids is 4. The fraction of sp³-hybridized carbons (Fsp3) is 0.394. The van der Waals surface area contributed by atoms with Gasteiger partial charge >= 0.3 is 14.2 Å². The van der Waals surface area contributed by atoms with Crippen molar-refractivity contribution in [3.63, 3.8) is 0 Å². The van der Waals surface area contributed by atoms with Gasteiger partial charge in [0.2, 0.25) is 12.3 Å². The average molecular weight is 687 g/mol. The Bertz CT molecular complexity index is 1540. The number of ether oxygens (including phenoxy) is 2. The van der Waals surface area contributed by atoms with E-state index in [0.717, 1.165) is 17.9 Å². The Morgan fingerprint density at radius 3 is 2.33 bits per heavy atom. The summed E-state index contributed by atoms with van der Waals surface area (Å²) in [5.74, 6) is -1.36. The summed E-state index contributed by atoms with van der Waals surface area (Å²) in [5, 5.41) is 6.15. The second-order valence-corrected chi connectivity index (χ2v) is 11.2. The van der Waals surface area contributed by atoms with Crippen molar-refractivity contribution in [1.82, 2.24) is 15.7 Å². The quantitative estimate of drug-likeness (QED) is 0.0455. The molecular weight excluding hydrogens is 645 g/mol. The van der Waals surface area contributed by atoms with Crippen molar-refractivity contribution in [1.29, 1.82) is 0 Å². The highest BCUT2D eigenvalue weighted by atomic mass is 31.1. The number of nitrogens with zero attached hydrogens (tertiary/aromatic N) is 1. The zero-order valence-corrected chi connectivity index (χ0v) is 28.2. The second kappa shape index (κ2) is 19.0. The molecule has 3 unspecified atom stereocenters. The molecule has 3 N–H and O–H groups in total. The number of furan rings is 1. The van der Waals surface area contributed by atoms with E-state index in [-0.39, 0.29) is 29.5 Å². The monoisotopic (exact) mass is 686 g/mol. The molecule has 0 saturated heterocycles. The second-order valence-electron chi connectivity index (χ2n) is 10.5. The maximum absolute atomic E-state index is 13.4. The van der Waals surface area contributed by atoms with E-state index in [9.17, 15) is 23.7 Å². The molecule has 0 aliphatic carbocycles. The summed E-state index contributed by atoms with van der Waals surface area (Å²) in [5.41, 5.74) is 0.638. The Kier molecular flexibility index (Phi) is 14.9. The van der Waals surface area contributed by atoms with Gasteiger partial charge in [-0.1, -0.05) is 33.1 Å². The summed E-state index contributed by atoms with van der Waals surface area (Å²) < 4.78 is 32.4. The van der Waals surface area contributed by atoms with Crippen LogP contribution >= 0.6 is 8.25 Å². The molecule has 2 aromatic carbocycles. The Hall–Kier alpha value is -4.94. The zero-order chi connectivity index (χ0) is 35.1. The molecule has 0 radical (unpaired) electrons. The largest absolute Gasteiger partial charge is 0.747 e. The van der Waals surface area contributed by atoms with Crippen LogP contribution < -0.4 is 24.6 Å². The number of hydrogen-bond acceptors (Lipinski definition) is 10. The van der Waals surface area contributed by atoms with Gasteiger partial charge in [-0.05, 0) is 68.3 Å². The van der Waals surface area contributed by atoms with Gasteiger partial charge in [-0.15, -0.1) is 4.89 Å². The summed E-state index contributed by atoms with van der Waals surface area (Å²) in [6, 6.07) is 12.9. The molecule has 48 heavy (non-hydrogen) atoms. The fourth-order valence-electron chi connectivity index (χ4n) is 4.95. The van der Waals surface area contributed by atoms with Crippen molar-refractivity contribution in [3.05, 3.63) is 65.9 Å². The van der Waals surface area contributed by atoms with Crippen LogP contribution in [0, 0.1) is 5.92 Å². The number of nitrogens with one attached hydrogen (secondary N) is 2. The molecule has 15 heteroatoms. The molecule has 0 bridgehead atoms. The number of rotatable bonds is 20. The van der Waals surface area contributed by atoms with Gasteiger partial charge in [-0.25, -0.2) is 9.32 Å². The lowest BCUT2D eigenvalue weighted by atomic mass is 9.90. The van der Waals surface area contributed by atoms with E-state index < -0.39 is 38.0 Å². The van der Waals surface area contributed by atoms with E-state index in [4.69, 9.17) is 28.1 Å². The molecule has 3 atom stereocenters. The number of methoxy groups -OCH3 is 1. The molecule has 0 spiro atoms. The van der Waals surface area contributed by atoms with Crippen molar-refractivity contribution in [2.24, 2.45) is 5.92 Å². The van der Waals surface area contributed by atoms with Gasteiger partial charge in [0.1, 0.15) is 17.3 Å². The minimum atomic E-state index is -2.91. The van der Waals surface area contributed by atoms with Gasteiger partial charge in [0.05, 0.1) is 37.9 Å². The van der Waals surface area contributed by atoms with Gasteiger partial charge in [-0.3, -0.25) is 14.4 Å². The minimum Gasteiger partial charge on any atom is -0.497 e. The Balaban J connectivity index is 1.68. The van der Waals surface area contributed by atoms with E-state index in [1.54, 1.807) is 32.0 Å². The van der Waals surface area contributed by atoms with Gasteiger partial charge in [0.15, 0.2) is 11.5 Å². The summed E-state index contributed by atoms with van der Waals surface area (Å²) in [6.07, 6.45) is 3.56. The van der Waals surface area contributed by atoms with Gasteiger partial charge in [0.25, 0.3) is 5.91 Å². The molecule has 3 aromatic rings. The number of carbonyl (C=O) groups is 4. The minimum absolute atomic E-state index is 0.0553. The molecule has 0 fully saturated rings. The van der Waals surface area contributed by atoms with Crippen LogP contribution in [0.3, 0.4) is 0 Å². The molecule has 0 aliphatic heterocycles. The van der Waals surface area contributed by atoms with E-state index in [2.05, 4.69) is 10.6 Å². The van der Waals surface area contributed by atoms with Crippen LogP contribution in [0.1, 0.15) is 73.8 Å². The van der Waals surface area contributed by atoms with Gasteiger partial charge in [0, 0.05) is 16.2 Å². The summed E-state index contributed by atoms with van der Waals surface area (Å²) in [4.78, 5) is 65.8. The molecule has 1 aromatic heterocycles. The van der Waals surface area contributed by atoms with E-state index in [1.807, 2.05) is 6.92 Å². The first-order chi connectivity index (χ1) is 23.1. The van der Waals surface area contributed by atoms with Crippen molar-refractivity contribution < 1.29 is 51.9 Å². The third-order valence-corrected chi connectivity index (χ3v) is 7.65. The third kappa shape index (κ3) is 10.8. The van der Waals surface area contributed by atoms with Crippen molar-refractivity contribution >= 4 is 32.4 Å². The molecule has 0 aliphatic rings. The van der Waals surface area contributed by atoms with Crippen LogP contribution in [0.25, 0.3) is 11.3 Å². The normalized spacial score (nSPS) is 12.2. The number of hydroxylamine groups is 2. The summed E-state index contributed by atoms with van der Waals surface area (Å²) in [7, 11) is -1.41. The van der Waals surface area contributed by atoms with Crippen molar-refractivity contribution in [3.8, 4) is 28.6 Å². The maximum atomic E-state index is 13.4. The Morgan fingerprint density at radius 1 is 0.979 bits per heavy atom. The van der Waals surface area contributed by atoms with Gasteiger partial charge in [-0.2, -0.15) is 5.06 Å². The molecule has 3 amide bonds. The highest BCUT2D eigenvalue weighted by Gasteiger charge is 2.33. The Labute approximate surface area is 279 Å². The van der Waals surface area contributed by atoms with Crippen LogP contribution in [0.5, 0.6) is 17.2 Å². The van der Waals surface area contributed by atoms with Gasteiger partial charge < -0.3 is 29.4 Å². The van der Waals surface area contributed by atoms with E-state index in [1.165, 1.54) is 43.5 Å². The standard InChI is InChI=1S/C33H40N3O11P/c1-5-8-9-10-27(28(6-2)36(21-37)46-33(40)22-11-13-24(43-4)14-12-22)31(38)34-20-35-32(39)30-16-15-29(45-30)23-17-25(44-7-3)19-26(18-23)47-48(41)42/h11-19,21,27-28H,5-10,20H2,1-4H3,(H2-,34,35,38,39,41,42)/p+1. The number of benzene rings is 2. The Morgan fingerprint density at radius 2 is 1.71 bits per heavy atom. The predicted molar refractivity (Wildman–Crippen MR) is 174 cm³/mol. The lowest BCUT2D eigenvalue weighted by Gasteiger charge is -2.31. The fourth-order valence-corrected chi connectivity index (χ4v) is 5.23. The smallest absolute Gasteiger partial charge is 0.497 e. The third-order valence-electron chi connectivity index (χ3n) is 7.28. The summed E-state index contributed by atoms with van der Waals surface area (Å²) >= 11 is 0. The van der Waals surface area contributed by atoms with Crippen LogP contribution in [0.15, 0.2) is 59.0 Å². The SMILES string of the molecule is CCCCCC(C(=O)NCNC(=O)c1ccc(-c2cc(OCC)cc(O[P+](=O)O)c2)o1)C(CC)N(C=O)OC(=O)c1ccc(OC)cc1. The molecule has 258 valence electrons. The lowest BCUT2D eigenvalue weighted by Crippen LogP contribution is -2.49. The first-order valence-corrected chi connectivity index (χ1v) is 16.6. The topological polar surface area (TPSA) is 183 Å². The highest BCUT2D eigenvalue weighted by Crippen LogP contribution is 2.34. The number of unbranched alkanes of at least 4 members (excludes halogenated alkanes) is 2. The molecule has 14 nitrogen and oxygen atoms in total. The van der Waals surface area contributed by atoms with Crippen LogP contribution in [0.4, 0.5) is 0 Å². The molecular formula is C33H41N3O11P+.